The minimum Gasteiger partial charge on any atom is -0.481 e. The van der Waals surface area contributed by atoms with Crippen LogP contribution in [-0.4, -0.2) is 35.0 Å². The van der Waals surface area contributed by atoms with Gasteiger partial charge < -0.3 is 10.0 Å². The number of carboxylic acid groups (broad SMARTS) is 1. The van der Waals surface area contributed by atoms with Gasteiger partial charge in [-0.15, -0.1) is 0 Å². The lowest BCUT2D eigenvalue weighted by Gasteiger charge is -2.40. The number of aliphatic carboxylic acids is 1. The molecule has 2 atom stereocenters. The Morgan fingerprint density at radius 2 is 1.90 bits per heavy atom. The zero-order chi connectivity index (χ0) is 14.8. The van der Waals surface area contributed by atoms with Gasteiger partial charge >= 0.3 is 5.97 Å². The maximum Gasteiger partial charge on any atom is 0.309 e. The van der Waals surface area contributed by atoms with E-state index in [-0.39, 0.29) is 11.8 Å². The number of rotatable bonds is 4. The number of hydrogen-bond acceptors (Lipinski definition) is 2. The summed E-state index contributed by atoms with van der Waals surface area (Å²) in [6, 6.07) is 0. The Morgan fingerprint density at radius 3 is 2.35 bits per heavy atom. The topological polar surface area (TPSA) is 57.6 Å². The van der Waals surface area contributed by atoms with Gasteiger partial charge in [-0.1, -0.05) is 26.7 Å². The van der Waals surface area contributed by atoms with E-state index in [1.54, 1.807) is 0 Å². The van der Waals surface area contributed by atoms with E-state index < -0.39 is 11.4 Å². The third-order valence-electron chi connectivity index (χ3n) is 5.39. The zero-order valence-electron chi connectivity index (χ0n) is 12.7. The second-order valence-electron chi connectivity index (χ2n) is 6.68. The SMILES string of the molecule is CCCC1(C(=O)O)CCN(C(=O)C2CCCC2C)CC1. The number of carbonyl (C=O) groups excluding carboxylic acids is 1. The van der Waals surface area contributed by atoms with Crippen molar-refractivity contribution in [1.29, 1.82) is 0 Å². The highest BCUT2D eigenvalue weighted by Gasteiger charge is 2.43. The van der Waals surface area contributed by atoms with Crippen molar-refractivity contribution in [2.45, 2.75) is 58.8 Å². The normalized spacial score (nSPS) is 29.4. The third-order valence-corrected chi connectivity index (χ3v) is 5.39. The fraction of sp³-hybridized carbons (Fsp3) is 0.875. The van der Waals surface area contributed by atoms with Crippen molar-refractivity contribution in [2.75, 3.05) is 13.1 Å². The van der Waals surface area contributed by atoms with Gasteiger partial charge in [-0.3, -0.25) is 9.59 Å². The molecule has 0 aromatic carbocycles. The van der Waals surface area contributed by atoms with E-state index in [1.165, 1.54) is 0 Å². The molecule has 0 bridgehead atoms. The summed E-state index contributed by atoms with van der Waals surface area (Å²) >= 11 is 0. The Labute approximate surface area is 121 Å². The van der Waals surface area contributed by atoms with Crippen LogP contribution in [0, 0.1) is 17.3 Å². The molecule has 20 heavy (non-hydrogen) atoms. The molecule has 2 aliphatic rings. The summed E-state index contributed by atoms with van der Waals surface area (Å²) < 4.78 is 0. The molecule has 0 spiro atoms. The van der Waals surface area contributed by atoms with Gasteiger partial charge in [0.1, 0.15) is 0 Å². The fourth-order valence-electron chi connectivity index (χ4n) is 3.95. The summed E-state index contributed by atoms with van der Waals surface area (Å²) in [6.07, 6.45) is 6.16. The van der Waals surface area contributed by atoms with Gasteiger partial charge in [-0.2, -0.15) is 0 Å². The Morgan fingerprint density at radius 1 is 1.25 bits per heavy atom. The third kappa shape index (κ3) is 2.84. The molecule has 0 aromatic rings. The molecular formula is C16H27NO3. The van der Waals surface area contributed by atoms with Gasteiger partial charge in [-0.25, -0.2) is 0 Å². The van der Waals surface area contributed by atoms with Gasteiger partial charge in [0.05, 0.1) is 5.41 Å². The zero-order valence-corrected chi connectivity index (χ0v) is 12.7. The maximum atomic E-state index is 12.5. The van der Waals surface area contributed by atoms with Crippen LogP contribution < -0.4 is 0 Å². The van der Waals surface area contributed by atoms with E-state index in [4.69, 9.17) is 0 Å². The quantitative estimate of drug-likeness (QED) is 0.862. The average molecular weight is 281 g/mol. The number of hydrogen-bond donors (Lipinski definition) is 1. The molecule has 2 unspecified atom stereocenters. The molecule has 2 rings (SSSR count). The Kier molecular flexibility index (Phi) is 4.71. The molecule has 4 heteroatoms. The van der Waals surface area contributed by atoms with Crippen LogP contribution in [0.4, 0.5) is 0 Å². The first-order valence-electron chi connectivity index (χ1n) is 8.02. The van der Waals surface area contributed by atoms with Crippen LogP contribution in [0.1, 0.15) is 58.8 Å². The summed E-state index contributed by atoms with van der Waals surface area (Å²) in [5.74, 6) is 0.258. The number of likely N-dealkylation sites (tertiary alicyclic amines) is 1. The second kappa shape index (κ2) is 6.15. The average Bonchev–Trinajstić information content (AvgIpc) is 2.85. The lowest BCUT2D eigenvalue weighted by atomic mass is 9.74. The highest BCUT2D eigenvalue weighted by atomic mass is 16.4. The first-order chi connectivity index (χ1) is 9.50. The molecule has 1 aliphatic heterocycles. The maximum absolute atomic E-state index is 12.5. The largest absolute Gasteiger partial charge is 0.481 e. The van der Waals surface area contributed by atoms with E-state index in [9.17, 15) is 14.7 Å². The van der Waals surface area contributed by atoms with Crippen LogP contribution in [0.5, 0.6) is 0 Å². The predicted octanol–water partition coefficient (Wildman–Crippen LogP) is 2.92. The molecular weight excluding hydrogens is 254 g/mol. The number of nitrogens with zero attached hydrogens (tertiary/aromatic N) is 1. The lowest BCUT2D eigenvalue weighted by Crippen LogP contribution is -2.48. The number of piperidine rings is 1. The van der Waals surface area contributed by atoms with Gasteiger partial charge in [0.25, 0.3) is 0 Å². The second-order valence-corrected chi connectivity index (χ2v) is 6.68. The summed E-state index contributed by atoms with van der Waals surface area (Å²) in [7, 11) is 0. The molecule has 114 valence electrons. The Bertz CT molecular complexity index is 372. The van der Waals surface area contributed by atoms with Gasteiger partial charge in [0.2, 0.25) is 5.91 Å². The molecule has 4 nitrogen and oxygen atoms in total. The number of carbonyl (C=O) groups is 2. The summed E-state index contributed by atoms with van der Waals surface area (Å²) in [5, 5.41) is 9.49. The minimum absolute atomic E-state index is 0.179. The molecule has 1 saturated heterocycles. The van der Waals surface area contributed by atoms with E-state index in [0.29, 0.717) is 31.8 Å². The van der Waals surface area contributed by atoms with E-state index >= 15 is 0 Å². The van der Waals surface area contributed by atoms with E-state index in [2.05, 4.69) is 6.92 Å². The Hall–Kier alpha value is -1.06. The monoisotopic (exact) mass is 281 g/mol. The van der Waals surface area contributed by atoms with Crippen LogP contribution in [0.2, 0.25) is 0 Å². The highest BCUT2D eigenvalue weighted by molar-refractivity contribution is 5.80. The van der Waals surface area contributed by atoms with Crippen molar-refractivity contribution in [3.05, 3.63) is 0 Å². The van der Waals surface area contributed by atoms with Crippen molar-refractivity contribution in [3.8, 4) is 0 Å². The molecule has 0 aromatic heterocycles. The Balaban J connectivity index is 1.96. The molecule has 1 aliphatic carbocycles. The van der Waals surface area contributed by atoms with Crippen molar-refractivity contribution in [2.24, 2.45) is 17.3 Å². The van der Waals surface area contributed by atoms with Gasteiger partial charge in [0.15, 0.2) is 0 Å². The van der Waals surface area contributed by atoms with Crippen molar-refractivity contribution in [1.82, 2.24) is 4.90 Å². The smallest absolute Gasteiger partial charge is 0.309 e. The summed E-state index contributed by atoms with van der Waals surface area (Å²) in [6.45, 7) is 5.43. The lowest BCUT2D eigenvalue weighted by molar-refractivity contribution is -0.156. The number of carboxylic acids is 1. The summed E-state index contributed by atoms with van der Waals surface area (Å²) in [4.78, 5) is 26.0. The molecule has 2 fully saturated rings. The van der Waals surface area contributed by atoms with Crippen LogP contribution >= 0.6 is 0 Å². The first-order valence-corrected chi connectivity index (χ1v) is 8.02. The number of amides is 1. The van der Waals surface area contributed by atoms with Crippen molar-refractivity contribution in [3.63, 3.8) is 0 Å². The van der Waals surface area contributed by atoms with Crippen LogP contribution in [-0.2, 0) is 9.59 Å². The van der Waals surface area contributed by atoms with Crippen molar-refractivity contribution < 1.29 is 14.7 Å². The van der Waals surface area contributed by atoms with Crippen LogP contribution in [0.3, 0.4) is 0 Å². The molecule has 0 radical (unpaired) electrons. The van der Waals surface area contributed by atoms with Gasteiger partial charge in [-0.05, 0) is 38.0 Å². The fourth-order valence-corrected chi connectivity index (χ4v) is 3.95. The van der Waals surface area contributed by atoms with E-state index in [0.717, 1.165) is 32.1 Å². The van der Waals surface area contributed by atoms with Crippen LogP contribution in [0.15, 0.2) is 0 Å². The van der Waals surface area contributed by atoms with Gasteiger partial charge in [0, 0.05) is 19.0 Å². The van der Waals surface area contributed by atoms with Crippen molar-refractivity contribution >= 4 is 11.9 Å². The highest BCUT2D eigenvalue weighted by Crippen LogP contribution is 2.38. The summed E-state index contributed by atoms with van der Waals surface area (Å²) in [5.41, 5.74) is -0.590. The molecule has 1 N–H and O–H groups in total. The standard InChI is InChI=1S/C16H27NO3/c1-3-7-16(15(19)20)8-10-17(11-9-16)14(18)13-6-4-5-12(13)2/h12-13H,3-11H2,1-2H3,(H,19,20). The molecule has 1 amide bonds. The first kappa shape index (κ1) is 15.3. The van der Waals surface area contributed by atoms with E-state index in [1.807, 2.05) is 11.8 Å². The molecule has 1 saturated carbocycles. The predicted molar refractivity (Wildman–Crippen MR) is 77.3 cm³/mol. The van der Waals surface area contributed by atoms with Crippen LogP contribution in [0.25, 0.3) is 0 Å². The molecule has 1 heterocycles. The minimum atomic E-state index is -0.680.